The summed E-state index contributed by atoms with van der Waals surface area (Å²) < 4.78 is 0. The van der Waals surface area contributed by atoms with Crippen LogP contribution in [0.5, 0.6) is 0 Å². The van der Waals surface area contributed by atoms with Gasteiger partial charge in [-0.25, -0.2) is 0 Å². The van der Waals surface area contributed by atoms with Crippen LogP contribution in [0.15, 0.2) is 0 Å². The molecule has 0 unspecified atom stereocenters. The first kappa shape index (κ1) is 310. The molecule has 0 saturated heterocycles. The second-order valence-electron chi connectivity index (χ2n) is 0. The van der Waals surface area contributed by atoms with Crippen molar-refractivity contribution in [2.24, 2.45) is 0 Å². The van der Waals surface area contributed by atoms with Gasteiger partial charge in [0.05, 0.1) is 0 Å². The van der Waals surface area contributed by atoms with Crippen molar-refractivity contribution in [3.8, 4) is 0 Å². The Bertz CT molecular complexity index is 24.1. The van der Waals surface area contributed by atoms with Crippen molar-refractivity contribution >= 4 is 52.1 Å². The molecule has 0 aromatic heterocycles. The van der Waals surface area contributed by atoms with Crippen LogP contribution in [0.4, 0.5) is 0 Å². The molecule has 0 aromatic carbocycles. The standard InChI is InChI=1S/3Al.7H3N.3Ti.W.9H/h;;;7*1H3;;;;;;;;;;;;;. The molecule has 0 saturated carbocycles. The Morgan fingerprint density at radius 3 is 0.286 bits per heavy atom. The van der Waals surface area contributed by atoms with Gasteiger partial charge in [-0.3, -0.25) is 0 Å². The summed E-state index contributed by atoms with van der Waals surface area (Å²) in [6.45, 7) is 0. The van der Waals surface area contributed by atoms with E-state index in [1.807, 2.05) is 0 Å². The second kappa shape index (κ2) is 260. The van der Waals surface area contributed by atoms with Crippen molar-refractivity contribution in [2.45, 2.75) is 0 Å². The first-order valence-electron chi connectivity index (χ1n) is 0. The maximum absolute atomic E-state index is 0. The molecule has 0 fully saturated rings. The van der Waals surface area contributed by atoms with Crippen molar-refractivity contribution in [1.82, 2.24) is 43.1 Å². The minimum absolute atomic E-state index is 0. The summed E-state index contributed by atoms with van der Waals surface area (Å²) >= 11 is 0. The first-order valence-corrected chi connectivity index (χ1v) is 0. The average Bonchev–Trinajstić information content (AvgIpc) is 0. The molecule has 0 rings (SSSR count). The van der Waals surface area contributed by atoms with E-state index in [4.69, 9.17) is 0 Å². The van der Waals surface area contributed by atoms with E-state index in [0.717, 1.165) is 0 Å². The van der Waals surface area contributed by atoms with Gasteiger partial charge in [-0.1, -0.05) is 0 Å². The summed E-state index contributed by atoms with van der Waals surface area (Å²) in [5.41, 5.74) is 0. The summed E-state index contributed by atoms with van der Waals surface area (Å²) in [6, 6.07) is 0. The van der Waals surface area contributed by atoms with Crippen LogP contribution in [-0.4, -0.2) is 52.1 Å². The monoisotopic (exact) mass is 537 g/mol. The summed E-state index contributed by atoms with van der Waals surface area (Å²) in [6.07, 6.45) is 0. The number of rotatable bonds is 0. The maximum Gasteiger partial charge on any atom is 0.187 e. The fourth-order valence-corrected chi connectivity index (χ4v) is 0. The van der Waals surface area contributed by atoms with Crippen molar-refractivity contribution in [1.29, 1.82) is 0 Å². The zero-order chi connectivity index (χ0) is 0. The van der Waals surface area contributed by atoms with Crippen LogP contribution in [-0.2, 0) is 86.2 Å². The molecule has 0 aliphatic carbocycles. The van der Waals surface area contributed by atoms with Crippen molar-refractivity contribution in [3.05, 3.63) is 0 Å². The largest absolute Gasteiger partial charge is 0.344 e. The van der Waals surface area contributed by atoms with E-state index in [2.05, 4.69) is 0 Å². The molecule has 0 atom stereocenters. The van der Waals surface area contributed by atoms with Gasteiger partial charge in [0.2, 0.25) is 0 Å². The van der Waals surface area contributed by atoms with Crippen LogP contribution in [0.3, 0.4) is 0 Å². The third kappa shape index (κ3) is 215. The van der Waals surface area contributed by atoms with E-state index in [1.54, 1.807) is 0 Å². The fourth-order valence-electron chi connectivity index (χ4n) is 0. The molecule has 0 aliphatic heterocycles. The zero-order valence-electron chi connectivity index (χ0n) is 6.86. The molecule has 0 radical (unpaired) electrons. The summed E-state index contributed by atoms with van der Waals surface area (Å²) in [5.74, 6) is 0. The van der Waals surface area contributed by atoms with Crippen molar-refractivity contribution < 1.29 is 86.2 Å². The Balaban J connectivity index is 0. The minimum Gasteiger partial charge on any atom is -0.344 e. The normalized spacial score (nSPS) is 0. The van der Waals surface area contributed by atoms with Crippen LogP contribution in [0, 0.1) is 0 Å². The van der Waals surface area contributed by atoms with Crippen LogP contribution in [0.1, 0.15) is 0 Å². The molecular weight excluding hydrogens is 506 g/mol. The number of hydrogen-bond acceptors (Lipinski definition) is 7. The van der Waals surface area contributed by atoms with E-state index in [-0.39, 0.29) is 181 Å². The fraction of sp³-hybridized carbons (Fsp3) is 0. The van der Waals surface area contributed by atoms with Crippen LogP contribution < -0.4 is 43.1 Å². The zero-order valence-corrected chi connectivity index (χ0v) is 14.5. The van der Waals surface area contributed by atoms with Crippen LogP contribution in [0.2, 0.25) is 0 Å². The average molecular weight is 537 g/mol. The Morgan fingerprint density at radius 2 is 0.286 bits per heavy atom. The van der Waals surface area contributed by atoms with Gasteiger partial charge in [-0.05, 0) is 0 Å². The van der Waals surface area contributed by atoms with Gasteiger partial charge in [0.1, 0.15) is 0 Å². The van der Waals surface area contributed by atoms with Gasteiger partial charge in [0, 0.05) is 86.2 Å². The van der Waals surface area contributed by atoms with E-state index in [1.165, 1.54) is 0 Å². The van der Waals surface area contributed by atoms with Gasteiger partial charge in [0.15, 0.2) is 52.1 Å². The molecule has 14 heteroatoms. The molecule has 0 bridgehead atoms. The van der Waals surface area contributed by atoms with Crippen molar-refractivity contribution in [3.63, 3.8) is 0 Å². The Morgan fingerprint density at radius 1 is 0.286 bits per heavy atom. The van der Waals surface area contributed by atoms with Gasteiger partial charge in [0.25, 0.3) is 0 Å². The van der Waals surface area contributed by atoms with Crippen LogP contribution >= 0.6 is 0 Å². The van der Waals surface area contributed by atoms with Gasteiger partial charge < -0.3 is 43.1 Å². The molecule has 0 aliphatic rings. The molecule has 14 heavy (non-hydrogen) atoms. The maximum atomic E-state index is 0. The predicted molar refractivity (Wildman–Crippen MR) is 65.0 cm³/mol. The molecule has 0 aromatic rings. The molecule has 0 amide bonds. The molecular formula is H30Al3N7Ti3W. The number of hydrogen-bond donors (Lipinski definition) is 7. The molecule has 92 valence electrons. The van der Waals surface area contributed by atoms with E-state index in [9.17, 15) is 0 Å². The molecule has 0 spiro atoms. The predicted octanol–water partition coefficient (Wildman–Crippen LogP) is -2.43. The minimum atomic E-state index is 0. The SMILES string of the molecule is N.N.N.N.N.N.N.[AlH3].[AlH3].[AlH3].[Ti].[Ti].[Ti].[W]. The van der Waals surface area contributed by atoms with E-state index in [0.29, 0.717) is 0 Å². The third-order valence-corrected chi connectivity index (χ3v) is 0. The molecule has 21 N–H and O–H groups in total. The summed E-state index contributed by atoms with van der Waals surface area (Å²) in [4.78, 5) is 0. The molecule has 7 nitrogen and oxygen atoms in total. The Labute approximate surface area is 178 Å². The van der Waals surface area contributed by atoms with Gasteiger partial charge in [-0.2, -0.15) is 0 Å². The Kier molecular flexibility index (Phi) is 5760. The molecule has 0 heterocycles. The van der Waals surface area contributed by atoms with Crippen molar-refractivity contribution in [2.75, 3.05) is 0 Å². The van der Waals surface area contributed by atoms with Gasteiger partial charge in [-0.15, -0.1) is 0 Å². The van der Waals surface area contributed by atoms with Crippen LogP contribution in [0.25, 0.3) is 0 Å². The smallest absolute Gasteiger partial charge is 0.187 e. The van der Waals surface area contributed by atoms with E-state index >= 15 is 0 Å². The van der Waals surface area contributed by atoms with Gasteiger partial charge >= 0.3 is 0 Å². The second-order valence-corrected chi connectivity index (χ2v) is 0. The Hall–Kier alpha value is 4.15. The summed E-state index contributed by atoms with van der Waals surface area (Å²) in [7, 11) is 0. The topological polar surface area (TPSA) is 245 Å². The summed E-state index contributed by atoms with van der Waals surface area (Å²) in [5, 5.41) is 0. The first-order chi connectivity index (χ1) is 0. The van der Waals surface area contributed by atoms with E-state index < -0.39 is 0 Å². The third-order valence-electron chi connectivity index (χ3n) is 0. The quantitative estimate of drug-likeness (QED) is 0.165.